The van der Waals surface area contributed by atoms with E-state index in [-0.39, 0.29) is 16.6 Å². The van der Waals surface area contributed by atoms with E-state index in [1.54, 1.807) is 0 Å². The Hall–Kier alpha value is -1.64. The molecule has 132 valence electrons. The minimum Gasteiger partial charge on any atom is -0.475 e. The van der Waals surface area contributed by atoms with Crippen LogP contribution >= 0.6 is 15.9 Å². The summed E-state index contributed by atoms with van der Waals surface area (Å²) in [5, 5.41) is 0. The molecule has 24 heavy (non-hydrogen) atoms. The third-order valence-corrected chi connectivity index (χ3v) is 3.57. The van der Waals surface area contributed by atoms with Crippen molar-refractivity contribution in [3.8, 4) is 5.75 Å². The molecule has 0 saturated carbocycles. The molecular weight excluding hydrogens is 403 g/mol. The summed E-state index contributed by atoms with van der Waals surface area (Å²) in [7, 11) is 0. The topological polar surface area (TPSA) is 35.5 Å². The lowest BCUT2D eigenvalue weighted by Crippen LogP contribution is -2.41. The van der Waals surface area contributed by atoms with Crippen molar-refractivity contribution in [3.05, 3.63) is 33.3 Å². The lowest BCUT2D eigenvalue weighted by atomic mass is 9.97. The second-order valence-electron chi connectivity index (χ2n) is 4.94. The van der Waals surface area contributed by atoms with Crippen LogP contribution in [0.3, 0.4) is 0 Å². The first kappa shape index (κ1) is 17.2. The molecule has 0 aromatic heterocycles. The van der Waals surface area contributed by atoms with Gasteiger partial charge in [-0.05, 0) is 25.1 Å². The Balaban J connectivity index is 2.67. The fourth-order valence-electron chi connectivity index (χ4n) is 2.17. The van der Waals surface area contributed by atoms with E-state index in [1.807, 2.05) is 0 Å². The molecule has 1 aromatic rings. The zero-order valence-electron chi connectivity index (χ0n) is 13.2. The van der Waals surface area contributed by atoms with Crippen molar-refractivity contribution in [2.24, 2.45) is 0 Å². The van der Waals surface area contributed by atoms with Gasteiger partial charge in [-0.15, -0.1) is 0 Å². The molecule has 0 aliphatic carbocycles. The molecule has 9 heteroatoms. The molecule has 0 fully saturated rings. The second-order valence-corrected chi connectivity index (χ2v) is 5.85. The van der Waals surface area contributed by atoms with Crippen molar-refractivity contribution in [3.63, 3.8) is 0 Å². The average Bonchev–Trinajstić information content (AvgIpc) is 2.52. The van der Waals surface area contributed by atoms with Gasteiger partial charge in [0.15, 0.2) is 0 Å². The van der Waals surface area contributed by atoms with Gasteiger partial charge in [-0.3, -0.25) is 0 Å². The van der Waals surface area contributed by atoms with Crippen molar-refractivity contribution < 1.29 is 37.6 Å². The normalized spacial score (nSPS) is 18.2. The second kappa shape index (κ2) is 6.34. The fraction of sp³-hybridized carbons (Fsp3) is 0.400. The Kier molecular flexibility index (Phi) is 4.54. The van der Waals surface area contributed by atoms with Crippen molar-refractivity contribution in [1.29, 1.82) is 0 Å². The van der Waals surface area contributed by atoms with Gasteiger partial charge < -0.3 is 9.47 Å². The van der Waals surface area contributed by atoms with Gasteiger partial charge in [0.05, 0.1) is 17.7 Å². The van der Waals surface area contributed by atoms with Crippen LogP contribution in [-0.2, 0) is 15.5 Å². The summed E-state index contributed by atoms with van der Waals surface area (Å²) in [5.74, 6) is -5.68. The number of rotatable bonds is 3. The maximum absolute atomic E-state index is 14.0. The van der Waals surface area contributed by atoms with Crippen LogP contribution in [0.15, 0.2) is 22.2 Å². The van der Waals surface area contributed by atoms with Crippen molar-refractivity contribution >= 4 is 28.0 Å². The molecule has 0 radical (unpaired) electrons. The van der Waals surface area contributed by atoms with Gasteiger partial charge >= 0.3 is 12.1 Å². The predicted molar refractivity (Wildman–Crippen MR) is 78.8 cm³/mol. The highest BCUT2D eigenvalue weighted by atomic mass is 79.9. The van der Waals surface area contributed by atoms with E-state index >= 15 is 0 Å². The Labute approximate surface area is 144 Å². The minimum absolute atomic E-state index is 0.138. The first-order valence-electron chi connectivity index (χ1n) is 7.35. The molecule has 1 atom stereocenters. The summed E-state index contributed by atoms with van der Waals surface area (Å²) in [6.45, 7) is -0.110. The Morgan fingerprint density at radius 2 is 2.04 bits per heavy atom. The third kappa shape index (κ3) is 3.71. The molecule has 1 aromatic carbocycles. The SMILES string of the molecule is [2H]CC(F)(F)c1cc(Br)cc2c1OC(C(F)(F)F)C(C(=O)OCC)=C2. The van der Waals surface area contributed by atoms with Gasteiger partial charge in [0.1, 0.15) is 5.75 Å². The fourth-order valence-corrected chi connectivity index (χ4v) is 2.65. The van der Waals surface area contributed by atoms with Gasteiger partial charge in [-0.2, -0.15) is 13.2 Å². The van der Waals surface area contributed by atoms with Gasteiger partial charge in [-0.1, -0.05) is 15.9 Å². The van der Waals surface area contributed by atoms with Crippen molar-refractivity contribution in [2.45, 2.75) is 32.0 Å². The third-order valence-electron chi connectivity index (χ3n) is 3.11. The minimum atomic E-state index is -5.02. The smallest absolute Gasteiger partial charge is 0.430 e. The first-order chi connectivity index (χ1) is 11.5. The molecule has 1 unspecified atom stereocenters. The number of carbonyl (C=O) groups excluding carboxylic acids is 1. The summed E-state index contributed by atoms with van der Waals surface area (Å²) >= 11 is 2.99. The number of hydrogen-bond acceptors (Lipinski definition) is 3. The number of carbonyl (C=O) groups is 1. The van der Waals surface area contributed by atoms with Crippen LogP contribution in [0.25, 0.3) is 6.08 Å². The summed E-state index contributed by atoms with van der Waals surface area (Å²) < 4.78 is 84.2. The van der Waals surface area contributed by atoms with E-state index < -0.39 is 48.0 Å². The molecule has 3 nitrogen and oxygen atoms in total. The molecule has 1 aliphatic rings. The van der Waals surface area contributed by atoms with Crippen LogP contribution in [0, 0.1) is 0 Å². The zero-order valence-corrected chi connectivity index (χ0v) is 13.8. The highest BCUT2D eigenvalue weighted by Gasteiger charge is 2.50. The van der Waals surface area contributed by atoms with E-state index in [2.05, 4.69) is 20.7 Å². The molecular formula is C15H12BrF5O3. The monoisotopic (exact) mass is 415 g/mol. The van der Waals surface area contributed by atoms with Gasteiger partial charge in [0, 0.05) is 18.3 Å². The molecule has 0 amide bonds. The van der Waals surface area contributed by atoms with Crippen LogP contribution < -0.4 is 4.74 Å². The molecule has 0 saturated heterocycles. The molecule has 1 heterocycles. The van der Waals surface area contributed by atoms with Gasteiger partial charge in [0.25, 0.3) is 5.92 Å². The van der Waals surface area contributed by atoms with Crippen LogP contribution in [0.5, 0.6) is 5.75 Å². The standard InChI is InChI=1S/C15H12BrF5O3/c1-3-23-13(22)9-5-7-4-8(16)6-10(14(2,17)18)11(7)24-12(9)15(19,20)21/h4-6,12H,3H2,1-2H3/i2D. The van der Waals surface area contributed by atoms with E-state index in [9.17, 15) is 26.7 Å². The average molecular weight is 416 g/mol. The van der Waals surface area contributed by atoms with Crippen LogP contribution in [-0.4, -0.2) is 24.9 Å². The highest BCUT2D eigenvalue weighted by molar-refractivity contribution is 9.10. The number of hydrogen-bond donors (Lipinski definition) is 0. The Morgan fingerprint density at radius 3 is 2.58 bits per heavy atom. The van der Waals surface area contributed by atoms with E-state index in [4.69, 9.17) is 6.11 Å². The summed E-state index contributed by atoms with van der Waals surface area (Å²) in [5.41, 5.74) is -1.83. The summed E-state index contributed by atoms with van der Waals surface area (Å²) in [6.07, 6.45) is -6.93. The van der Waals surface area contributed by atoms with Crippen LogP contribution in [0.4, 0.5) is 22.0 Å². The zero-order chi connectivity index (χ0) is 19.0. The van der Waals surface area contributed by atoms with E-state index in [0.717, 1.165) is 12.1 Å². The number of benzene rings is 1. The quantitative estimate of drug-likeness (QED) is 0.523. The van der Waals surface area contributed by atoms with Crippen molar-refractivity contribution in [2.75, 3.05) is 6.61 Å². The van der Waals surface area contributed by atoms with Gasteiger partial charge in [-0.25, -0.2) is 13.6 Å². The molecule has 0 N–H and O–H groups in total. The Morgan fingerprint density at radius 1 is 1.38 bits per heavy atom. The highest BCUT2D eigenvalue weighted by Crippen LogP contribution is 2.45. The number of alkyl halides is 5. The van der Waals surface area contributed by atoms with Gasteiger partial charge in [0.2, 0.25) is 6.10 Å². The number of esters is 1. The largest absolute Gasteiger partial charge is 0.475 e. The van der Waals surface area contributed by atoms with Crippen LogP contribution in [0.2, 0.25) is 0 Å². The first-order valence-corrected chi connectivity index (χ1v) is 7.43. The van der Waals surface area contributed by atoms with E-state index in [0.29, 0.717) is 0 Å². The number of halogens is 6. The van der Waals surface area contributed by atoms with Crippen LogP contribution in [0.1, 0.15) is 26.3 Å². The molecule has 1 aliphatic heterocycles. The summed E-state index contributed by atoms with van der Waals surface area (Å²) in [4.78, 5) is 11.8. The van der Waals surface area contributed by atoms with Crippen molar-refractivity contribution in [1.82, 2.24) is 0 Å². The number of ether oxygens (including phenoxy) is 2. The summed E-state index contributed by atoms with van der Waals surface area (Å²) in [6, 6.07) is 2.13. The Bertz CT molecular complexity index is 718. The van der Waals surface area contributed by atoms with E-state index in [1.165, 1.54) is 13.0 Å². The molecule has 0 spiro atoms. The maximum atomic E-state index is 14.0. The lowest BCUT2D eigenvalue weighted by Gasteiger charge is -2.30. The maximum Gasteiger partial charge on any atom is 0.430 e. The molecule has 0 bridgehead atoms. The molecule has 2 rings (SSSR count). The lowest BCUT2D eigenvalue weighted by molar-refractivity contribution is -0.188. The number of fused-ring (bicyclic) bond motifs is 1. The predicted octanol–water partition coefficient (Wildman–Crippen LogP) is 4.83.